The minimum Gasteiger partial charge on any atom is -0.392 e. The van der Waals surface area contributed by atoms with E-state index in [1.165, 1.54) is 5.56 Å². The number of rotatable bonds is 24. The fourth-order valence-corrected chi connectivity index (χ4v) is 6.34. The maximum Gasteiger partial charge on any atom is 0.224 e. The van der Waals surface area contributed by atoms with Crippen LogP contribution in [0, 0.1) is 0 Å². The third-order valence-electron chi connectivity index (χ3n) is 9.02. The highest BCUT2D eigenvalue weighted by molar-refractivity contribution is 5.91. The Kier molecular flexibility index (Phi) is 17.5. The molecule has 4 aromatic rings. The molecule has 0 bridgehead atoms. The van der Waals surface area contributed by atoms with Crippen molar-refractivity contribution in [2.45, 2.75) is 95.1 Å². The number of unbranched alkanes of at least 4 members (excludes halogenated alkanes) is 7. The van der Waals surface area contributed by atoms with Crippen molar-refractivity contribution in [2.75, 3.05) is 23.8 Å². The first-order valence-corrected chi connectivity index (χ1v) is 18.5. The summed E-state index contributed by atoms with van der Waals surface area (Å²) in [6.45, 7) is -0.0882. The lowest BCUT2D eigenvalue weighted by molar-refractivity contribution is -0.126. The normalized spacial score (nSPS) is 12.7. The van der Waals surface area contributed by atoms with Gasteiger partial charge in [-0.25, -0.2) is 4.98 Å². The number of benzene rings is 2. The maximum absolute atomic E-state index is 13.3. The highest BCUT2D eigenvalue weighted by Crippen LogP contribution is 2.38. The fourth-order valence-electron chi connectivity index (χ4n) is 6.34. The number of anilines is 2. The summed E-state index contributed by atoms with van der Waals surface area (Å²) in [5.41, 5.74) is 3.90. The molecule has 2 aromatic carbocycles. The highest BCUT2D eigenvalue weighted by atomic mass is 16.3. The van der Waals surface area contributed by atoms with Crippen LogP contribution in [0.15, 0.2) is 103 Å². The zero-order valence-electron chi connectivity index (χ0n) is 30.0. The summed E-state index contributed by atoms with van der Waals surface area (Å²) in [5.74, 6) is -0.0813. The van der Waals surface area contributed by atoms with Gasteiger partial charge in [-0.05, 0) is 60.7 Å². The Morgan fingerprint density at radius 2 is 1.33 bits per heavy atom. The van der Waals surface area contributed by atoms with Gasteiger partial charge < -0.3 is 26.2 Å². The molecule has 0 unspecified atom stereocenters. The van der Waals surface area contributed by atoms with Gasteiger partial charge in [-0.15, -0.1) is 0 Å². The van der Waals surface area contributed by atoms with E-state index >= 15 is 0 Å². The lowest BCUT2D eigenvalue weighted by atomic mass is 9.84. The lowest BCUT2D eigenvalue weighted by Crippen LogP contribution is -2.29. The largest absolute Gasteiger partial charge is 0.392 e. The van der Waals surface area contributed by atoms with Gasteiger partial charge in [-0.1, -0.05) is 99.2 Å². The Bertz CT molecular complexity index is 1620. The first-order valence-electron chi connectivity index (χ1n) is 18.5. The molecule has 0 aliphatic rings. The molecule has 10 heteroatoms. The molecule has 0 saturated heterocycles. The van der Waals surface area contributed by atoms with Gasteiger partial charge in [-0.3, -0.25) is 19.4 Å². The number of aliphatic hydroxyl groups is 2. The second kappa shape index (κ2) is 22.8. The average molecular weight is 708 g/mol. The Morgan fingerprint density at radius 1 is 0.673 bits per heavy atom. The standard InChI is InChI=1S/C42H53N5O5/c48-31-34(50)29-33(49)30-41(52)45-27-15-6-4-2-1-3-5-10-24-40(51)46-38-22-12-11-20-35(38)42(47-39-23-14-17-26-44-39)36(37-21-13-16-25-43-37)28-32-18-8-7-9-19-32/h7-9,11-14,16-23,25-26,33,36,42,48-49H,1-6,10,15,24,27-31H2,(H,44,47)(H,45,52)(H,46,51)/t33-,36-,42+/m0/s1. The number of amides is 2. The summed E-state index contributed by atoms with van der Waals surface area (Å²) in [6, 6.07) is 29.9. The molecule has 4 rings (SSSR count). The molecular weight excluding hydrogens is 654 g/mol. The number of para-hydroxylation sites is 1. The molecule has 10 nitrogen and oxygen atoms in total. The van der Waals surface area contributed by atoms with Crippen molar-refractivity contribution in [3.05, 3.63) is 120 Å². The van der Waals surface area contributed by atoms with Gasteiger partial charge in [0.25, 0.3) is 0 Å². The number of hydrogen-bond donors (Lipinski definition) is 5. The van der Waals surface area contributed by atoms with Gasteiger partial charge >= 0.3 is 0 Å². The monoisotopic (exact) mass is 707 g/mol. The molecule has 5 N–H and O–H groups in total. The van der Waals surface area contributed by atoms with E-state index in [4.69, 9.17) is 10.1 Å². The van der Waals surface area contributed by atoms with Crippen molar-refractivity contribution < 1.29 is 24.6 Å². The Balaban J connectivity index is 1.25. The van der Waals surface area contributed by atoms with Crippen molar-refractivity contribution in [1.29, 1.82) is 0 Å². The SMILES string of the molecule is O=C(CO)C[C@H](O)CC(=O)NCCCCCCCCCCC(=O)Nc1ccccc1[C@@H](Nc1ccccn1)[C@@H](Cc1ccccc1)c1ccccn1. The summed E-state index contributed by atoms with van der Waals surface area (Å²) in [4.78, 5) is 45.7. The van der Waals surface area contributed by atoms with Crippen LogP contribution in [0.3, 0.4) is 0 Å². The van der Waals surface area contributed by atoms with Crippen LogP contribution in [-0.2, 0) is 20.8 Å². The zero-order valence-corrected chi connectivity index (χ0v) is 30.0. The number of aliphatic hydroxyl groups excluding tert-OH is 2. The zero-order chi connectivity index (χ0) is 36.8. The molecule has 2 aromatic heterocycles. The van der Waals surface area contributed by atoms with Gasteiger partial charge in [0, 0.05) is 49.1 Å². The molecule has 276 valence electrons. The van der Waals surface area contributed by atoms with Crippen LogP contribution in [0.2, 0.25) is 0 Å². The summed E-state index contributed by atoms with van der Waals surface area (Å²) >= 11 is 0. The van der Waals surface area contributed by atoms with Gasteiger partial charge in [-0.2, -0.15) is 0 Å². The van der Waals surface area contributed by atoms with Crippen LogP contribution in [0.4, 0.5) is 11.5 Å². The summed E-state index contributed by atoms with van der Waals surface area (Å²) in [5, 5.41) is 28.2. The minimum atomic E-state index is -1.06. The third kappa shape index (κ3) is 14.4. The van der Waals surface area contributed by atoms with E-state index in [2.05, 4.69) is 57.3 Å². The lowest BCUT2D eigenvalue weighted by Gasteiger charge is -2.30. The molecule has 3 atom stereocenters. The van der Waals surface area contributed by atoms with Gasteiger partial charge in [0.15, 0.2) is 5.78 Å². The molecular formula is C42H53N5O5. The Morgan fingerprint density at radius 3 is 2.02 bits per heavy atom. The van der Waals surface area contributed by atoms with Crippen LogP contribution < -0.4 is 16.0 Å². The number of aromatic nitrogens is 2. The number of ketones is 1. The molecule has 0 saturated carbocycles. The predicted octanol–water partition coefficient (Wildman–Crippen LogP) is 6.92. The number of carbonyl (C=O) groups excluding carboxylic acids is 3. The van der Waals surface area contributed by atoms with Crippen LogP contribution in [0.1, 0.15) is 99.4 Å². The number of carbonyl (C=O) groups is 3. The first kappa shape index (κ1) is 39.8. The van der Waals surface area contributed by atoms with Gasteiger partial charge in [0.2, 0.25) is 11.8 Å². The molecule has 0 radical (unpaired) electrons. The van der Waals surface area contributed by atoms with Gasteiger partial charge in [0.05, 0.1) is 18.6 Å². The quantitative estimate of drug-likeness (QED) is 0.0492. The van der Waals surface area contributed by atoms with Crippen molar-refractivity contribution >= 4 is 29.1 Å². The second-order valence-electron chi connectivity index (χ2n) is 13.2. The molecule has 0 spiro atoms. The van der Waals surface area contributed by atoms with Crippen molar-refractivity contribution in [3.8, 4) is 0 Å². The number of Topliss-reactive ketones (excluding diaryl/α,β-unsaturated/α-hetero) is 1. The van der Waals surface area contributed by atoms with Crippen molar-refractivity contribution in [3.63, 3.8) is 0 Å². The molecule has 0 aliphatic carbocycles. The summed E-state index contributed by atoms with van der Waals surface area (Å²) in [7, 11) is 0. The molecule has 2 amide bonds. The number of nitrogens with zero attached hydrogens (tertiary/aromatic N) is 2. The van der Waals surface area contributed by atoms with E-state index in [0.717, 1.165) is 80.6 Å². The third-order valence-corrected chi connectivity index (χ3v) is 9.02. The molecule has 0 aliphatic heterocycles. The molecule has 52 heavy (non-hydrogen) atoms. The van der Waals surface area contributed by atoms with E-state index in [1.54, 1.807) is 6.20 Å². The maximum atomic E-state index is 13.3. The summed E-state index contributed by atoms with van der Waals surface area (Å²) < 4.78 is 0. The van der Waals surface area contributed by atoms with Crippen molar-refractivity contribution in [2.24, 2.45) is 0 Å². The molecule has 0 fully saturated rings. The predicted molar refractivity (Wildman–Crippen MR) is 205 cm³/mol. The van der Waals surface area contributed by atoms with E-state index < -0.39 is 18.5 Å². The van der Waals surface area contributed by atoms with Crippen LogP contribution >= 0.6 is 0 Å². The van der Waals surface area contributed by atoms with E-state index in [9.17, 15) is 19.5 Å². The van der Waals surface area contributed by atoms with Gasteiger partial charge in [0.1, 0.15) is 12.4 Å². The van der Waals surface area contributed by atoms with E-state index in [0.29, 0.717) is 13.0 Å². The number of hydrogen-bond acceptors (Lipinski definition) is 8. The van der Waals surface area contributed by atoms with Crippen LogP contribution in [0.5, 0.6) is 0 Å². The number of pyridine rings is 2. The van der Waals surface area contributed by atoms with E-state index in [-0.39, 0.29) is 36.6 Å². The van der Waals surface area contributed by atoms with Crippen molar-refractivity contribution in [1.82, 2.24) is 15.3 Å². The fraction of sp³-hybridized carbons (Fsp3) is 0.405. The molecule has 2 heterocycles. The number of nitrogens with one attached hydrogen (secondary N) is 3. The smallest absolute Gasteiger partial charge is 0.224 e. The Labute approximate surface area is 307 Å². The van der Waals surface area contributed by atoms with E-state index in [1.807, 2.05) is 60.8 Å². The average Bonchev–Trinajstić information content (AvgIpc) is 3.16. The summed E-state index contributed by atoms with van der Waals surface area (Å²) in [6.07, 6.45) is 11.3. The second-order valence-corrected chi connectivity index (χ2v) is 13.2. The topological polar surface area (TPSA) is 154 Å². The highest BCUT2D eigenvalue weighted by Gasteiger charge is 2.29. The van der Waals surface area contributed by atoms with Crippen LogP contribution in [0.25, 0.3) is 0 Å². The Hall–Kier alpha value is -4.93. The van der Waals surface area contributed by atoms with Crippen LogP contribution in [-0.4, -0.2) is 57.0 Å². The minimum absolute atomic E-state index is 0.00366. The first-order chi connectivity index (χ1) is 25.4.